The molecule has 140 heavy (non-hydrogen) atoms. The van der Waals surface area contributed by atoms with Gasteiger partial charge in [0.25, 0.3) is 0 Å². The molecule has 0 saturated carbocycles. The molecule has 0 bridgehead atoms. The first-order valence-corrected chi connectivity index (χ1v) is 48.0. The summed E-state index contributed by atoms with van der Waals surface area (Å²) in [6, 6.07) is 207. The Labute approximate surface area is 816 Å². The van der Waals surface area contributed by atoms with Crippen LogP contribution in [0.3, 0.4) is 0 Å². The highest BCUT2D eigenvalue weighted by atomic mass is 15.2. The van der Waals surface area contributed by atoms with E-state index >= 15 is 0 Å². The van der Waals surface area contributed by atoms with Crippen molar-refractivity contribution in [3.8, 4) is 89.0 Å². The summed E-state index contributed by atoms with van der Waals surface area (Å²) in [7, 11) is 0. The van der Waals surface area contributed by atoms with Crippen molar-refractivity contribution >= 4 is 144 Å². The number of para-hydroxylation sites is 3. The van der Waals surface area contributed by atoms with E-state index in [0.717, 1.165) is 68.2 Å². The highest BCUT2D eigenvalue weighted by molar-refractivity contribution is 6.04. The van der Waals surface area contributed by atoms with Gasteiger partial charge in [-0.05, 0) is 347 Å². The van der Waals surface area contributed by atoms with Crippen LogP contribution < -0.4 is 19.6 Å². The number of fused-ring (bicyclic) bond motifs is 7. The Morgan fingerprint density at radius 2 is 0.250 bits per heavy atom. The molecule has 0 aliphatic heterocycles. The molecular weight excluding hydrogens is 1690 g/mol. The average molecular weight is 1780 g/mol. The molecule has 0 fully saturated rings. The van der Waals surface area contributed by atoms with Gasteiger partial charge in [0, 0.05) is 67.9 Å². The third kappa shape index (κ3) is 17.4. The van der Waals surface area contributed by atoms with Crippen LogP contribution in [0.5, 0.6) is 0 Å². The highest BCUT2D eigenvalue weighted by Gasteiger charge is 2.22. The van der Waals surface area contributed by atoms with E-state index in [9.17, 15) is 0 Å². The summed E-state index contributed by atoms with van der Waals surface area (Å²) in [5.41, 5.74) is 32.7. The second-order valence-corrected chi connectivity index (χ2v) is 36.0. The van der Waals surface area contributed by atoms with Gasteiger partial charge in [-0.1, -0.05) is 382 Å². The maximum atomic E-state index is 2.37. The van der Waals surface area contributed by atoms with E-state index in [-0.39, 0.29) is 0 Å². The van der Waals surface area contributed by atoms with E-state index in [4.69, 9.17) is 0 Å². The van der Waals surface area contributed by atoms with Crippen molar-refractivity contribution in [1.82, 2.24) is 0 Å². The van der Waals surface area contributed by atoms with E-state index in [0.29, 0.717) is 0 Å². The van der Waals surface area contributed by atoms with Crippen molar-refractivity contribution in [3.05, 3.63) is 570 Å². The summed E-state index contributed by atoms with van der Waals surface area (Å²) in [6.07, 6.45) is 0. The molecule has 0 unspecified atom stereocenters. The predicted molar refractivity (Wildman–Crippen MR) is 598 cm³/mol. The fraction of sp³-hybridized carbons (Fsp3) is 0. The van der Waals surface area contributed by atoms with Gasteiger partial charge in [-0.25, -0.2) is 0 Å². The largest absolute Gasteiger partial charge is 0.310 e. The molecule has 658 valence electrons. The number of benzene rings is 25. The molecule has 0 heterocycles. The number of hydrogen-bond donors (Lipinski definition) is 0. The molecule has 0 aliphatic carbocycles. The van der Waals surface area contributed by atoms with Gasteiger partial charge in [0.1, 0.15) is 0 Å². The van der Waals surface area contributed by atoms with Crippen molar-refractivity contribution < 1.29 is 0 Å². The normalized spacial score (nSPS) is 11.3. The van der Waals surface area contributed by atoms with Crippen LogP contribution >= 0.6 is 0 Å². The van der Waals surface area contributed by atoms with Crippen LogP contribution in [0.25, 0.3) is 164 Å². The molecule has 4 heteroatoms. The third-order valence-corrected chi connectivity index (χ3v) is 27.3. The van der Waals surface area contributed by atoms with E-state index in [1.165, 1.54) is 164 Å². The van der Waals surface area contributed by atoms with Crippen LogP contribution in [0.15, 0.2) is 570 Å². The second kappa shape index (κ2) is 37.8. The van der Waals surface area contributed by atoms with Gasteiger partial charge >= 0.3 is 0 Å². The quantitative estimate of drug-likeness (QED) is 0.0754. The molecule has 0 atom stereocenters. The van der Waals surface area contributed by atoms with Crippen LogP contribution in [-0.2, 0) is 0 Å². The first kappa shape index (κ1) is 84.5. The van der Waals surface area contributed by atoms with Crippen LogP contribution in [0.1, 0.15) is 0 Å². The SMILES string of the molecule is c1ccc(-c2ccc(N(c3ccc(-c4ccccc4)cc3)c3ccc4cc(-c5ccc6cc(-c7ccc8cc(N(c9ccccc9)c9cccc%10ccccc9%10)ccc8c7)ccc6c5)ccc4c3)cc2)cc1.c1ccc(-c2ccc(N(c3ccc(-c4ccccc4)cc3)c3ccc4cc(-c5ccc6cc(-c7ccc8cc(N(c9ccccc9)c9ccccc9)ccc8c7)ccc6c5)ccc4c3)cc2)cc1. The van der Waals surface area contributed by atoms with Gasteiger partial charge < -0.3 is 19.6 Å². The minimum atomic E-state index is 1.11. The zero-order valence-corrected chi connectivity index (χ0v) is 77.1. The van der Waals surface area contributed by atoms with Gasteiger partial charge in [-0.2, -0.15) is 0 Å². The summed E-state index contributed by atoms with van der Waals surface area (Å²) in [6.45, 7) is 0. The maximum Gasteiger partial charge on any atom is 0.0540 e. The molecule has 0 saturated heterocycles. The Morgan fingerprint density at radius 1 is 0.0857 bits per heavy atom. The molecule has 25 aromatic rings. The van der Waals surface area contributed by atoms with Crippen molar-refractivity contribution in [2.24, 2.45) is 0 Å². The standard InChI is InChI=1S/C70H48N2.C66H46N2/c1-4-13-49(14-5-1)51-31-37-65(38-32-51)71(66-39-33-52(34-40-66)50-15-6-2-7-16-50)67-41-35-60-45-58(27-29-62(60)47-67)56-25-23-55-44-57(26-24-54(55)43-56)59-28-30-63-48-68(42-36-61(63)46-59)72(64-19-8-3-9-20-64)70-22-12-18-53-17-10-11-21-69(53)70;1-5-13-47(14-6-1)49-29-35-63(36-30-49)68(64-37-31-50(32-38-64)48-15-7-2-8-16-48)66-40-34-58-44-56(26-28-60(58)46-66)54-24-22-51-41-53(23-21-52(51)42-54)55-25-27-59-45-65(39-33-57(59)43-55)67(61-17-9-3-10-18-61)62-19-11-4-12-20-62/h1-48H;1-46H. The van der Waals surface area contributed by atoms with Gasteiger partial charge in [-0.15, -0.1) is 0 Å². The van der Waals surface area contributed by atoms with Crippen molar-refractivity contribution in [3.63, 3.8) is 0 Å². The third-order valence-electron chi connectivity index (χ3n) is 27.3. The molecule has 0 amide bonds. The Morgan fingerprint density at radius 3 is 0.500 bits per heavy atom. The van der Waals surface area contributed by atoms with Crippen molar-refractivity contribution in [2.75, 3.05) is 19.6 Å². The number of rotatable bonds is 20. The molecule has 0 radical (unpaired) electrons. The summed E-state index contributed by atoms with van der Waals surface area (Å²) in [5, 5.41) is 17.0. The molecule has 0 aromatic heterocycles. The molecular formula is C136H94N4. The lowest BCUT2D eigenvalue weighted by molar-refractivity contribution is 1.29. The summed E-state index contributed by atoms with van der Waals surface area (Å²) in [5.74, 6) is 0. The summed E-state index contributed by atoms with van der Waals surface area (Å²) >= 11 is 0. The van der Waals surface area contributed by atoms with E-state index in [2.05, 4.69) is 590 Å². The van der Waals surface area contributed by atoms with Gasteiger partial charge in [0.2, 0.25) is 0 Å². The minimum Gasteiger partial charge on any atom is -0.310 e. The van der Waals surface area contributed by atoms with Crippen LogP contribution in [0, 0.1) is 0 Å². The van der Waals surface area contributed by atoms with Crippen LogP contribution in [-0.4, -0.2) is 0 Å². The second-order valence-electron chi connectivity index (χ2n) is 36.0. The maximum absolute atomic E-state index is 2.37. The first-order valence-electron chi connectivity index (χ1n) is 48.0. The first-order chi connectivity index (χ1) is 69.3. The lowest BCUT2D eigenvalue weighted by atomic mass is 9.95. The lowest BCUT2D eigenvalue weighted by Crippen LogP contribution is -2.10. The Bertz CT molecular complexity index is 8600. The van der Waals surface area contributed by atoms with Gasteiger partial charge in [0.15, 0.2) is 0 Å². The summed E-state index contributed by atoms with van der Waals surface area (Å²) < 4.78 is 0. The number of nitrogens with zero attached hydrogens (tertiary/aromatic N) is 4. The monoisotopic (exact) mass is 1780 g/mol. The molecule has 0 spiro atoms. The molecule has 0 aliphatic rings. The highest BCUT2D eigenvalue weighted by Crippen LogP contribution is 2.47. The molecule has 0 N–H and O–H groups in total. The van der Waals surface area contributed by atoms with E-state index < -0.39 is 0 Å². The van der Waals surface area contributed by atoms with Gasteiger partial charge in [0.05, 0.1) is 5.69 Å². The van der Waals surface area contributed by atoms with Crippen molar-refractivity contribution in [2.45, 2.75) is 0 Å². The topological polar surface area (TPSA) is 13.0 Å². The average Bonchev–Trinajstić information content (AvgIpc) is 0.771. The zero-order chi connectivity index (χ0) is 93.0. The zero-order valence-electron chi connectivity index (χ0n) is 77.1. The van der Waals surface area contributed by atoms with E-state index in [1.54, 1.807) is 0 Å². The van der Waals surface area contributed by atoms with Crippen LogP contribution in [0.2, 0.25) is 0 Å². The smallest absolute Gasteiger partial charge is 0.0540 e. The van der Waals surface area contributed by atoms with E-state index in [1.807, 2.05) is 0 Å². The Balaban J connectivity index is 0.000000152. The number of anilines is 12. The molecule has 25 aromatic carbocycles. The van der Waals surface area contributed by atoms with Crippen molar-refractivity contribution in [1.29, 1.82) is 0 Å². The molecule has 25 rings (SSSR count). The van der Waals surface area contributed by atoms with Gasteiger partial charge in [-0.3, -0.25) is 0 Å². The summed E-state index contributed by atoms with van der Waals surface area (Å²) in [4.78, 5) is 9.40. The fourth-order valence-electron chi connectivity index (χ4n) is 20.1. The number of hydrogen-bond acceptors (Lipinski definition) is 4. The lowest BCUT2D eigenvalue weighted by Gasteiger charge is -2.27. The minimum absolute atomic E-state index is 1.11. The Hall–Kier alpha value is -18.5. The molecule has 4 nitrogen and oxygen atoms in total. The fourth-order valence-corrected chi connectivity index (χ4v) is 20.1. The predicted octanol–water partition coefficient (Wildman–Crippen LogP) is 38.7. The van der Waals surface area contributed by atoms with Crippen LogP contribution in [0.4, 0.5) is 68.2 Å². The Kier molecular flexibility index (Phi) is 22.8.